The normalized spacial score (nSPS) is 22.0. The van der Waals surface area contributed by atoms with Crippen LogP contribution in [0.3, 0.4) is 0 Å². The van der Waals surface area contributed by atoms with E-state index in [1.807, 2.05) is 12.1 Å². The molecule has 0 saturated heterocycles. The Morgan fingerprint density at radius 3 is 2.57 bits per heavy atom. The summed E-state index contributed by atoms with van der Waals surface area (Å²) in [5.74, 6) is 1.99. The lowest BCUT2D eigenvalue weighted by Crippen LogP contribution is -2.32. The van der Waals surface area contributed by atoms with Crippen molar-refractivity contribution in [1.29, 1.82) is 0 Å². The van der Waals surface area contributed by atoms with E-state index < -0.39 is 0 Å². The molecule has 0 amide bonds. The second-order valence-corrected chi connectivity index (χ2v) is 5.86. The number of benzene rings is 1. The van der Waals surface area contributed by atoms with Crippen molar-refractivity contribution in [2.24, 2.45) is 11.8 Å². The van der Waals surface area contributed by atoms with Crippen molar-refractivity contribution >= 4 is 0 Å². The summed E-state index contributed by atoms with van der Waals surface area (Å²) in [4.78, 5) is 0. The van der Waals surface area contributed by atoms with Gasteiger partial charge < -0.3 is 15.2 Å². The highest BCUT2D eigenvalue weighted by Gasteiger charge is 2.23. The minimum absolute atomic E-state index is 0.335. The van der Waals surface area contributed by atoms with E-state index in [0.29, 0.717) is 25.0 Å². The number of nitrogens with one attached hydrogen (secondary N) is 1. The van der Waals surface area contributed by atoms with Crippen molar-refractivity contribution in [2.45, 2.75) is 32.2 Å². The van der Waals surface area contributed by atoms with Gasteiger partial charge in [0, 0.05) is 13.2 Å². The van der Waals surface area contributed by atoms with Crippen molar-refractivity contribution in [1.82, 2.24) is 5.32 Å². The molecule has 2 N–H and O–H groups in total. The van der Waals surface area contributed by atoms with Crippen molar-refractivity contribution in [2.75, 3.05) is 19.8 Å². The van der Waals surface area contributed by atoms with E-state index in [1.165, 1.54) is 31.2 Å². The molecule has 2 atom stereocenters. The van der Waals surface area contributed by atoms with Gasteiger partial charge in [0.1, 0.15) is 12.4 Å². The quantitative estimate of drug-likeness (QED) is 0.722. The first kappa shape index (κ1) is 16.1. The van der Waals surface area contributed by atoms with E-state index in [1.54, 1.807) is 6.08 Å². The third kappa shape index (κ3) is 5.18. The first-order valence-electron chi connectivity index (χ1n) is 7.97. The van der Waals surface area contributed by atoms with Crippen LogP contribution in [0.15, 0.2) is 36.9 Å². The number of rotatable bonds is 8. The standard InChI is InChI=1S/C18H27NO2/c1-2-11-21-18-9-7-15(8-10-18)12-19-13-16-5-3-4-6-17(16)14-20/h2,7-10,16-17,19-20H,1,3-6,11-14H2. The summed E-state index contributed by atoms with van der Waals surface area (Å²) in [5.41, 5.74) is 1.26. The average molecular weight is 289 g/mol. The SMILES string of the molecule is C=CCOc1ccc(CNCC2CCCCC2CO)cc1. The number of hydrogen-bond donors (Lipinski definition) is 2. The monoisotopic (exact) mass is 289 g/mol. The van der Waals surface area contributed by atoms with Gasteiger partial charge in [-0.1, -0.05) is 37.6 Å². The molecule has 3 nitrogen and oxygen atoms in total. The molecule has 2 rings (SSSR count). The molecule has 1 fully saturated rings. The summed E-state index contributed by atoms with van der Waals surface area (Å²) in [6.07, 6.45) is 6.74. The fraction of sp³-hybridized carbons (Fsp3) is 0.556. The van der Waals surface area contributed by atoms with Crippen LogP contribution in [0.5, 0.6) is 5.75 Å². The highest BCUT2D eigenvalue weighted by Crippen LogP contribution is 2.29. The van der Waals surface area contributed by atoms with Gasteiger partial charge in [-0.05, 0) is 48.9 Å². The summed E-state index contributed by atoms with van der Waals surface area (Å²) < 4.78 is 5.47. The first-order chi connectivity index (χ1) is 10.3. The van der Waals surface area contributed by atoms with Gasteiger partial charge >= 0.3 is 0 Å². The molecule has 0 radical (unpaired) electrons. The van der Waals surface area contributed by atoms with Crippen LogP contribution in [0.25, 0.3) is 0 Å². The van der Waals surface area contributed by atoms with E-state index in [-0.39, 0.29) is 0 Å². The summed E-state index contributed by atoms with van der Waals surface area (Å²) in [5, 5.41) is 13.0. The molecule has 1 aromatic rings. The molecule has 1 aliphatic rings. The van der Waals surface area contributed by atoms with Crippen LogP contribution in [-0.2, 0) is 6.54 Å². The summed E-state index contributed by atoms with van der Waals surface area (Å²) in [7, 11) is 0. The molecule has 0 aromatic heterocycles. The van der Waals surface area contributed by atoms with Gasteiger partial charge in [0.15, 0.2) is 0 Å². The molecule has 1 aliphatic carbocycles. The Morgan fingerprint density at radius 1 is 1.19 bits per heavy atom. The maximum Gasteiger partial charge on any atom is 0.119 e. The summed E-state index contributed by atoms with van der Waals surface area (Å²) in [6, 6.07) is 8.18. The predicted molar refractivity (Wildman–Crippen MR) is 86.4 cm³/mol. The zero-order chi connectivity index (χ0) is 14.9. The summed E-state index contributed by atoms with van der Waals surface area (Å²) >= 11 is 0. The van der Waals surface area contributed by atoms with Crippen LogP contribution in [0.1, 0.15) is 31.2 Å². The van der Waals surface area contributed by atoms with Crippen molar-refractivity contribution in [3.05, 3.63) is 42.5 Å². The van der Waals surface area contributed by atoms with Crippen molar-refractivity contribution < 1.29 is 9.84 Å². The molecule has 1 aromatic carbocycles. The Kier molecular flexibility index (Phi) is 6.77. The molecule has 21 heavy (non-hydrogen) atoms. The van der Waals surface area contributed by atoms with Gasteiger partial charge in [0.05, 0.1) is 0 Å². The fourth-order valence-corrected chi connectivity index (χ4v) is 3.05. The number of ether oxygens (including phenoxy) is 1. The van der Waals surface area contributed by atoms with Crippen molar-refractivity contribution in [3.63, 3.8) is 0 Å². The second kappa shape index (κ2) is 8.85. The van der Waals surface area contributed by atoms with Gasteiger partial charge in [-0.3, -0.25) is 0 Å². The largest absolute Gasteiger partial charge is 0.490 e. The van der Waals surface area contributed by atoms with Crippen LogP contribution >= 0.6 is 0 Å². The molecule has 0 aliphatic heterocycles. The fourth-order valence-electron chi connectivity index (χ4n) is 3.05. The Morgan fingerprint density at radius 2 is 1.90 bits per heavy atom. The van der Waals surface area contributed by atoms with E-state index >= 15 is 0 Å². The molecule has 2 unspecified atom stereocenters. The van der Waals surface area contributed by atoms with Gasteiger partial charge in [-0.25, -0.2) is 0 Å². The Bertz CT molecular complexity index is 416. The van der Waals surface area contributed by atoms with Crippen LogP contribution in [-0.4, -0.2) is 24.9 Å². The third-order valence-corrected chi connectivity index (χ3v) is 4.33. The molecule has 116 valence electrons. The highest BCUT2D eigenvalue weighted by atomic mass is 16.5. The van der Waals surface area contributed by atoms with E-state index in [4.69, 9.17) is 4.74 Å². The molecule has 0 heterocycles. The maximum atomic E-state index is 9.43. The minimum atomic E-state index is 0.335. The van der Waals surface area contributed by atoms with Gasteiger partial charge in [0.2, 0.25) is 0 Å². The Balaban J connectivity index is 1.73. The van der Waals surface area contributed by atoms with E-state index in [9.17, 15) is 5.11 Å². The molecular weight excluding hydrogens is 262 g/mol. The van der Waals surface area contributed by atoms with Crippen LogP contribution in [0.4, 0.5) is 0 Å². The average Bonchev–Trinajstić information content (AvgIpc) is 2.54. The number of aliphatic hydroxyl groups excluding tert-OH is 1. The van der Waals surface area contributed by atoms with Crippen LogP contribution in [0, 0.1) is 11.8 Å². The Hall–Kier alpha value is -1.32. The topological polar surface area (TPSA) is 41.5 Å². The lowest BCUT2D eigenvalue weighted by atomic mass is 9.79. The molecule has 0 spiro atoms. The van der Waals surface area contributed by atoms with Crippen molar-refractivity contribution in [3.8, 4) is 5.75 Å². The van der Waals surface area contributed by atoms with Gasteiger partial charge in [-0.15, -0.1) is 0 Å². The molecule has 3 heteroatoms. The van der Waals surface area contributed by atoms with Crippen LogP contribution < -0.4 is 10.1 Å². The maximum absolute atomic E-state index is 9.43. The third-order valence-electron chi connectivity index (χ3n) is 4.33. The van der Waals surface area contributed by atoms with E-state index in [2.05, 4.69) is 24.0 Å². The van der Waals surface area contributed by atoms with Gasteiger partial charge in [0.25, 0.3) is 0 Å². The second-order valence-electron chi connectivity index (χ2n) is 5.86. The molecule has 1 saturated carbocycles. The van der Waals surface area contributed by atoms with Crippen LogP contribution in [0.2, 0.25) is 0 Å². The Labute approximate surface area is 128 Å². The smallest absolute Gasteiger partial charge is 0.119 e. The zero-order valence-corrected chi connectivity index (χ0v) is 12.8. The molecular formula is C18H27NO2. The lowest BCUT2D eigenvalue weighted by molar-refractivity contribution is 0.133. The van der Waals surface area contributed by atoms with E-state index in [0.717, 1.165) is 18.8 Å². The number of aliphatic hydroxyl groups is 1. The van der Waals surface area contributed by atoms with Gasteiger partial charge in [-0.2, -0.15) is 0 Å². The highest BCUT2D eigenvalue weighted by molar-refractivity contribution is 5.27. The lowest BCUT2D eigenvalue weighted by Gasteiger charge is -2.30. The zero-order valence-electron chi connectivity index (χ0n) is 12.8. The minimum Gasteiger partial charge on any atom is -0.490 e. The summed E-state index contributed by atoms with van der Waals surface area (Å²) in [6.45, 7) is 6.39. The predicted octanol–water partition coefficient (Wildman–Crippen LogP) is 3.14. The number of hydrogen-bond acceptors (Lipinski definition) is 3. The first-order valence-corrected chi connectivity index (χ1v) is 7.97. The molecule has 0 bridgehead atoms.